The average Bonchev–Trinajstić information content (AvgIpc) is 3.16. The van der Waals surface area contributed by atoms with Gasteiger partial charge in [-0.15, -0.1) is 0 Å². The maximum absolute atomic E-state index is 12.5. The minimum Gasteiger partial charge on any atom is -0.455 e. The molecule has 35 heavy (non-hydrogen) atoms. The van der Waals surface area contributed by atoms with Crippen LogP contribution in [0.4, 0.5) is 0 Å². The number of ether oxygens (including phenoxy) is 1. The summed E-state index contributed by atoms with van der Waals surface area (Å²) in [6, 6.07) is 21.3. The molecular weight excluding hydrogens is 452 g/mol. The lowest BCUT2D eigenvalue weighted by Gasteiger charge is -2.45. The summed E-state index contributed by atoms with van der Waals surface area (Å²) in [4.78, 5) is 23.2. The Balaban J connectivity index is 1.97. The highest BCUT2D eigenvalue weighted by molar-refractivity contribution is 6.99. The zero-order valence-electron chi connectivity index (χ0n) is 21.7. The molecule has 0 unspecified atom stereocenters. The van der Waals surface area contributed by atoms with Crippen LogP contribution in [0.15, 0.2) is 72.3 Å². The highest BCUT2D eigenvalue weighted by atomic mass is 28.4. The van der Waals surface area contributed by atoms with Gasteiger partial charge in [0, 0.05) is 18.4 Å². The molecule has 0 N–H and O–H groups in total. The fraction of sp³-hybridized carbons (Fsp3) is 0.467. The third kappa shape index (κ3) is 6.80. The lowest BCUT2D eigenvalue weighted by molar-refractivity contribution is -0.139. The number of carbonyl (C=O) groups is 2. The van der Waals surface area contributed by atoms with Crippen molar-refractivity contribution < 1.29 is 18.8 Å². The zero-order valence-corrected chi connectivity index (χ0v) is 22.7. The van der Waals surface area contributed by atoms with E-state index in [1.807, 2.05) is 25.1 Å². The van der Waals surface area contributed by atoms with E-state index < -0.39 is 8.32 Å². The standard InChI is InChI=1S/C30H40O4Si/c1-24-22-25(29(32)33-24)23-26(16-10-6-5-7-15-21-31)34-35(30(2,3)4,27-17-11-8-12-18-27)28-19-13-9-14-20-28/h8-9,11-14,17-22,24,26H,5-7,10,15-16,23H2,1-4H3/t24-,26+/m0/s1. The first-order valence-electron chi connectivity index (χ1n) is 12.9. The third-order valence-electron chi connectivity index (χ3n) is 6.80. The number of carbonyl (C=O) groups excluding carboxylic acids is 2. The lowest BCUT2D eigenvalue weighted by atomic mass is 10.0. The molecule has 188 valence electrons. The lowest BCUT2D eigenvalue weighted by Crippen LogP contribution is -2.67. The van der Waals surface area contributed by atoms with Gasteiger partial charge in [-0.25, -0.2) is 4.79 Å². The molecule has 0 radical (unpaired) electrons. The molecule has 0 amide bonds. The molecule has 0 saturated heterocycles. The van der Waals surface area contributed by atoms with E-state index in [0.717, 1.165) is 44.0 Å². The SMILES string of the molecule is C[C@H]1C=C(C[C@@H](CCCCCCC=O)O[Si](c2ccccc2)(c2ccccc2)C(C)(C)C)C(=O)O1. The Bertz CT molecular complexity index is 939. The van der Waals surface area contributed by atoms with Crippen LogP contribution in [-0.2, 0) is 18.8 Å². The molecule has 3 rings (SSSR count). The van der Waals surface area contributed by atoms with Gasteiger partial charge in [0.15, 0.2) is 0 Å². The first kappa shape index (κ1) is 27.1. The van der Waals surface area contributed by atoms with Crippen molar-refractivity contribution in [3.8, 4) is 0 Å². The molecule has 4 nitrogen and oxygen atoms in total. The average molecular weight is 493 g/mol. The molecule has 0 spiro atoms. The maximum Gasteiger partial charge on any atom is 0.334 e. The van der Waals surface area contributed by atoms with Crippen LogP contribution >= 0.6 is 0 Å². The van der Waals surface area contributed by atoms with E-state index in [-0.39, 0.29) is 23.2 Å². The summed E-state index contributed by atoms with van der Waals surface area (Å²) in [5.74, 6) is -0.223. The van der Waals surface area contributed by atoms with Crippen molar-refractivity contribution in [2.45, 2.75) is 89.9 Å². The van der Waals surface area contributed by atoms with Crippen LogP contribution in [0.2, 0.25) is 5.04 Å². The highest BCUT2D eigenvalue weighted by Crippen LogP contribution is 2.39. The molecular formula is C30H40O4Si. The third-order valence-corrected chi connectivity index (χ3v) is 11.9. The van der Waals surface area contributed by atoms with Gasteiger partial charge < -0.3 is 14.0 Å². The molecule has 2 aromatic carbocycles. The van der Waals surface area contributed by atoms with E-state index in [9.17, 15) is 9.59 Å². The van der Waals surface area contributed by atoms with Gasteiger partial charge in [0.1, 0.15) is 12.4 Å². The number of aldehydes is 1. The molecule has 0 bridgehead atoms. The van der Waals surface area contributed by atoms with Crippen LogP contribution in [0, 0.1) is 0 Å². The Hall–Kier alpha value is -2.50. The van der Waals surface area contributed by atoms with Crippen LogP contribution < -0.4 is 10.4 Å². The predicted molar refractivity (Wildman–Crippen MR) is 145 cm³/mol. The van der Waals surface area contributed by atoms with Gasteiger partial charge in [-0.3, -0.25) is 0 Å². The minimum atomic E-state index is -2.73. The first-order valence-corrected chi connectivity index (χ1v) is 14.8. The second-order valence-electron chi connectivity index (χ2n) is 10.6. The van der Waals surface area contributed by atoms with Gasteiger partial charge in [-0.05, 0) is 41.3 Å². The summed E-state index contributed by atoms with van der Waals surface area (Å²) in [5, 5.41) is 2.35. The van der Waals surface area contributed by atoms with Crippen molar-refractivity contribution in [3.63, 3.8) is 0 Å². The fourth-order valence-electron chi connectivity index (χ4n) is 5.12. The maximum atomic E-state index is 12.5. The minimum absolute atomic E-state index is 0.100. The van der Waals surface area contributed by atoms with E-state index in [4.69, 9.17) is 9.16 Å². The molecule has 5 heteroatoms. The fourth-order valence-corrected chi connectivity index (χ4v) is 9.84. The molecule has 2 aromatic rings. The summed E-state index contributed by atoms with van der Waals surface area (Å²) in [5.41, 5.74) is 0.724. The summed E-state index contributed by atoms with van der Waals surface area (Å²) >= 11 is 0. The number of hydrogen-bond acceptors (Lipinski definition) is 4. The van der Waals surface area contributed by atoms with Crippen molar-refractivity contribution in [2.24, 2.45) is 0 Å². The molecule has 0 fully saturated rings. The second kappa shape index (κ2) is 12.5. The van der Waals surface area contributed by atoms with E-state index in [1.165, 1.54) is 10.4 Å². The summed E-state index contributed by atoms with van der Waals surface area (Å²) in [6.45, 7) is 8.73. The van der Waals surface area contributed by atoms with Gasteiger partial charge in [0.05, 0.1) is 6.10 Å². The Kier molecular flexibility index (Phi) is 9.64. The quantitative estimate of drug-likeness (QED) is 0.155. The largest absolute Gasteiger partial charge is 0.455 e. The second-order valence-corrected chi connectivity index (χ2v) is 14.8. The van der Waals surface area contributed by atoms with Gasteiger partial charge in [0.2, 0.25) is 0 Å². The number of hydrogen-bond donors (Lipinski definition) is 0. The van der Waals surface area contributed by atoms with E-state index >= 15 is 0 Å². The highest BCUT2D eigenvalue weighted by Gasteiger charge is 2.51. The Labute approximate surface area is 211 Å². The van der Waals surface area contributed by atoms with E-state index in [2.05, 4.69) is 69.3 Å². The van der Waals surface area contributed by atoms with Crippen molar-refractivity contribution in [1.29, 1.82) is 0 Å². The van der Waals surface area contributed by atoms with Crippen molar-refractivity contribution in [3.05, 3.63) is 72.3 Å². The molecule has 1 heterocycles. The van der Waals surface area contributed by atoms with Crippen molar-refractivity contribution >= 4 is 30.9 Å². The molecule has 1 aliphatic rings. The molecule has 2 atom stereocenters. The van der Waals surface area contributed by atoms with Crippen molar-refractivity contribution in [1.82, 2.24) is 0 Å². The molecule has 1 aliphatic heterocycles. The van der Waals surface area contributed by atoms with Crippen LogP contribution in [0.5, 0.6) is 0 Å². The van der Waals surface area contributed by atoms with Gasteiger partial charge in [-0.1, -0.05) is 101 Å². The van der Waals surface area contributed by atoms with Gasteiger partial charge >= 0.3 is 5.97 Å². The van der Waals surface area contributed by atoms with Crippen molar-refractivity contribution in [2.75, 3.05) is 0 Å². The molecule has 0 saturated carbocycles. The summed E-state index contributed by atoms with van der Waals surface area (Å²) in [6.07, 6.45) is 8.71. The Morgan fingerprint density at radius 3 is 2.00 bits per heavy atom. The Morgan fingerprint density at radius 2 is 1.51 bits per heavy atom. The number of benzene rings is 2. The van der Waals surface area contributed by atoms with Crippen LogP contribution in [0.3, 0.4) is 0 Å². The Morgan fingerprint density at radius 1 is 0.943 bits per heavy atom. The summed E-state index contributed by atoms with van der Waals surface area (Å²) in [7, 11) is -2.73. The number of esters is 1. The normalized spacial score (nSPS) is 17.1. The van der Waals surface area contributed by atoms with Gasteiger partial charge in [0.25, 0.3) is 8.32 Å². The van der Waals surface area contributed by atoms with E-state index in [0.29, 0.717) is 12.8 Å². The topological polar surface area (TPSA) is 52.6 Å². The van der Waals surface area contributed by atoms with Crippen LogP contribution in [0.25, 0.3) is 0 Å². The monoisotopic (exact) mass is 492 g/mol. The van der Waals surface area contributed by atoms with Crippen LogP contribution in [-0.4, -0.2) is 32.8 Å². The van der Waals surface area contributed by atoms with Crippen LogP contribution in [0.1, 0.15) is 72.6 Å². The number of rotatable bonds is 13. The molecule has 0 aliphatic carbocycles. The number of cyclic esters (lactones) is 1. The number of unbranched alkanes of at least 4 members (excludes halogenated alkanes) is 4. The zero-order chi connectivity index (χ0) is 25.3. The van der Waals surface area contributed by atoms with Gasteiger partial charge in [-0.2, -0.15) is 0 Å². The first-order chi connectivity index (χ1) is 16.8. The smallest absolute Gasteiger partial charge is 0.334 e. The predicted octanol–water partition coefficient (Wildman–Crippen LogP) is 5.73. The molecule has 0 aromatic heterocycles. The van der Waals surface area contributed by atoms with E-state index in [1.54, 1.807) is 0 Å². The summed E-state index contributed by atoms with van der Waals surface area (Å²) < 4.78 is 12.8.